The van der Waals surface area contributed by atoms with E-state index in [0.29, 0.717) is 19.0 Å². The Bertz CT molecular complexity index is 617. The van der Waals surface area contributed by atoms with Crippen molar-refractivity contribution < 1.29 is 14.4 Å². The molecule has 0 aromatic carbocycles. The number of carbonyl (C=O) groups excluding carboxylic acids is 3. The number of carbonyl (C=O) groups is 3. The number of nitrogens with one attached hydrogen (secondary N) is 2. The molecule has 2 bridgehead atoms. The Morgan fingerprint density at radius 3 is 2.64 bits per heavy atom. The van der Waals surface area contributed by atoms with Crippen molar-refractivity contribution in [3.05, 3.63) is 0 Å². The lowest BCUT2D eigenvalue weighted by Gasteiger charge is -2.33. The Balaban J connectivity index is 1.31. The highest BCUT2D eigenvalue weighted by Gasteiger charge is 2.50. The average molecular weight is 391 g/mol. The van der Waals surface area contributed by atoms with Crippen molar-refractivity contribution in [1.82, 2.24) is 20.4 Å². The highest BCUT2D eigenvalue weighted by Crippen LogP contribution is 2.41. The van der Waals surface area contributed by atoms with Crippen molar-refractivity contribution in [2.75, 3.05) is 19.6 Å². The Kier molecular flexibility index (Phi) is 5.78. The van der Waals surface area contributed by atoms with Crippen LogP contribution in [-0.4, -0.2) is 65.4 Å². The number of hydrogen-bond acceptors (Lipinski definition) is 3. The van der Waals surface area contributed by atoms with Crippen LogP contribution in [0.1, 0.15) is 64.7 Å². The Morgan fingerprint density at radius 1 is 1.14 bits per heavy atom. The van der Waals surface area contributed by atoms with Crippen LogP contribution in [0.4, 0.5) is 4.79 Å². The first kappa shape index (κ1) is 19.5. The third kappa shape index (κ3) is 3.85. The minimum Gasteiger partial charge on any atom is -0.350 e. The molecule has 7 heteroatoms. The van der Waals surface area contributed by atoms with Gasteiger partial charge in [0.25, 0.3) is 0 Å². The van der Waals surface area contributed by atoms with Gasteiger partial charge in [0.05, 0.1) is 12.1 Å². The molecule has 1 aliphatic carbocycles. The molecule has 1 saturated carbocycles. The summed E-state index contributed by atoms with van der Waals surface area (Å²) in [5, 5.41) is 5.91. The highest BCUT2D eigenvalue weighted by molar-refractivity contribution is 5.85. The van der Waals surface area contributed by atoms with Crippen molar-refractivity contribution in [3.63, 3.8) is 0 Å². The van der Waals surface area contributed by atoms with Gasteiger partial charge in [0, 0.05) is 25.0 Å². The summed E-state index contributed by atoms with van der Waals surface area (Å²) in [5.41, 5.74) is 0. The van der Waals surface area contributed by atoms with E-state index in [-0.39, 0.29) is 42.5 Å². The minimum absolute atomic E-state index is 0.0371. The van der Waals surface area contributed by atoms with Crippen molar-refractivity contribution >= 4 is 17.8 Å². The maximum atomic E-state index is 13.2. The Labute approximate surface area is 167 Å². The van der Waals surface area contributed by atoms with Crippen LogP contribution in [0, 0.1) is 11.8 Å². The molecule has 2 N–H and O–H groups in total. The van der Waals surface area contributed by atoms with Crippen LogP contribution in [0.5, 0.6) is 0 Å². The van der Waals surface area contributed by atoms with Crippen molar-refractivity contribution in [2.24, 2.45) is 11.8 Å². The summed E-state index contributed by atoms with van der Waals surface area (Å²) in [6.45, 7) is 3.66. The molecule has 3 aliphatic heterocycles. The van der Waals surface area contributed by atoms with E-state index in [1.165, 1.54) is 19.3 Å². The fourth-order valence-corrected chi connectivity index (χ4v) is 5.77. The third-order valence-electron chi connectivity index (χ3n) is 7.41. The molecule has 28 heavy (non-hydrogen) atoms. The molecule has 0 radical (unpaired) electrons. The van der Waals surface area contributed by atoms with E-state index in [0.717, 1.165) is 44.4 Å². The summed E-state index contributed by atoms with van der Waals surface area (Å²) in [6.07, 6.45) is 9.38. The van der Waals surface area contributed by atoms with Gasteiger partial charge in [0.1, 0.15) is 6.54 Å². The number of fused-ring (bicyclic) bond motifs is 2. The minimum atomic E-state index is -0.158. The van der Waals surface area contributed by atoms with Gasteiger partial charge in [-0.05, 0) is 57.3 Å². The second-order valence-corrected chi connectivity index (χ2v) is 9.09. The van der Waals surface area contributed by atoms with Gasteiger partial charge in [-0.1, -0.05) is 13.3 Å². The van der Waals surface area contributed by atoms with Crippen molar-refractivity contribution in [2.45, 2.75) is 82.8 Å². The van der Waals surface area contributed by atoms with Crippen molar-refractivity contribution in [3.8, 4) is 0 Å². The molecule has 4 amide bonds. The predicted octanol–water partition coefficient (Wildman–Crippen LogP) is 1.87. The molecule has 4 rings (SSSR count). The number of amides is 4. The first-order valence-electron chi connectivity index (χ1n) is 11.2. The molecule has 3 saturated heterocycles. The summed E-state index contributed by atoms with van der Waals surface area (Å²) in [7, 11) is 0. The zero-order valence-corrected chi connectivity index (χ0v) is 17.0. The van der Waals surface area contributed by atoms with E-state index in [1.54, 1.807) is 4.90 Å². The van der Waals surface area contributed by atoms with Gasteiger partial charge in [-0.25, -0.2) is 4.79 Å². The molecule has 3 atom stereocenters. The number of nitrogens with zero attached hydrogens (tertiary/aromatic N) is 2. The van der Waals surface area contributed by atoms with E-state index in [1.807, 2.05) is 0 Å². The molecule has 0 aromatic heterocycles. The molecule has 4 aliphatic rings. The molecule has 0 unspecified atom stereocenters. The van der Waals surface area contributed by atoms with Gasteiger partial charge in [-0.3, -0.25) is 9.59 Å². The van der Waals surface area contributed by atoms with Crippen LogP contribution in [0.2, 0.25) is 0 Å². The Hall–Kier alpha value is -1.79. The summed E-state index contributed by atoms with van der Waals surface area (Å²) < 4.78 is 0. The van der Waals surface area contributed by atoms with Gasteiger partial charge >= 0.3 is 6.03 Å². The topological polar surface area (TPSA) is 81.8 Å². The second-order valence-electron chi connectivity index (χ2n) is 9.09. The smallest absolute Gasteiger partial charge is 0.317 e. The molecule has 156 valence electrons. The first-order chi connectivity index (χ1) is 13.6. The first-order valence-corrected chi connectivity index (χ1v) is 11.2. The maximum absolute atomic E-state index is 13.2. The third-order valence-corrected chi connectivity index (χ3v) is 7.41. The van der Waals surface area contributed by atoms with Crippen LogP contribution < -0.4 is 10.6 Å². The van der Waals surface area contributed by atoms with Crippen LogP contribution >= 0.6 is 0 Å². The lowest BCUT2D eigenvalue weighted by Crippen LogP contribution is -2.53. The fraction of sp³-hybridized carbons (Fsp3) is 0.857. The summed E-state index contributed by atoms with van der Waals surface area (Å²) in [6, 6.07) is 0.300. The van der Waals surface area contributed by atoms with E-state index in [4.69, 9.17) is 0 Å². The van der Waals surface area contributed by atoms with E-state index in [2.05, 4.69) is 22.5 Å². The standard InChI is InChI=1S/C21H34N4O3/c1-2-14-4-6-15(7-5-14)20(27)25-16-8-9-18(25)17(12-16)23-19(26)13-24-11-3-10-22-21(24)28/h14-18H,2-13H2,1H3,(H,22,28)(H,23,26)/t14?,15?,16-,17-,18+/m1/s1. The second kappa shape index (κ2) is 8.29. The molecule has 3 heterocycles. The normalized spacial score (nSPS) is 35.0. The fourth-order valence-electron chi connectivity index (χ4n) is 5.77. The zero-order valence-electron chi connectivity index (χ0n) is 17.0. The zero-order chi connectivity index (χ0) is 19.7. The lowest BCUT2D eigenvalue weighted by atomic mass is 9.80. The van der Waals surface area contributed by atoms with E-state index in [9.17, 15) is 14.4 Å². The monoisotopic (exact) mass is 390 g/mol. The van der Waals surface area contributed by atoms with Crippen LogP contribution in [0.25, 0.3) is 0 Å². The SMILES string of the molecule is CCC1CCC(C(=O)N2[C@@H]3CC[C@H]2[C@H](NC(=O)CN2CCCNC2=O)C3)CC1. The Morgan fingerprint density at radius 2 is 1.93 bits per heavy atom. The molecule has 0 aromatic rings. The van der Waals surface area contributed by atoms with Crippen LogP contribution in [0.3, 0.4) is 0 Å². The number of rotatable bonds is 5. The van der Waals surface area contributed by atoms with E-state index < -0.39 is 0 Å². The summed E-state index contributed by atoms with van der Waals surface area (Å²) >= 11 is 0. The van der Waals surface area contributed by atoms with Gasteiger partial charge in [-0.2, -0.15) is 0 Å². The lowest BCUT2D eigenvalue weighted by molar-refractivity contribution is -0.138. The number of urea groups is 1. The molecule has 7 nitrogen and oxygen atoms in total. The molecular weight excluding hydrogens is 356 g/mol. The molecule has 0 spiro atoms. The average Bonchev–Trinajstić information content (AvgIpc) is 3.27. The van der Waals surface area contributed by atoms with Gasteiger partial charge in [0.15, 0.2) is 0 Å². The molecular formula is C21H34N4O3. The maximum Gasteiger partial charge on any atom is 0.317 e. The number of hydrogen-bond donors (Lipinski definition) is 2. The summed E-state index contributed by atoms with van der Waals surface area (Å²) in [4.78, 5) is 41.2. The summed E-state index contributed by atoms with van der Waals surface area (Å²) in [5.74, 6) is 1.19. The molecule has 4 fully saturated rings. The quantitative estimate of drug-likeness (QED) is 0.752. The van der Waals surface area contributed by atoms with Crippen LogP contribution in [0.15, 0.2) is 0 Å². The van der Waals surface area contributed by atoms with Crippen molar-refractivity contribution in [1.29, 1.82) is 0 Å². The van der Waals surface area contributed by atoms with E-state index >= 15 is 0 Å². The predicted molar refractivity (Wildman–Crippen MR) is 106 cm³/mol. The van der Waals surface area contributed by atoms with Gasteiger partial charge in [0.2, 0.25) is 11.8 Å². The highest BCUT2D eigenvalue weighted by atomic mass is 16.2. The largest absolute Gasteiger partial charge is 0.350 e. The van der Waals surface area contributed by atoms with Gasteiger partial charge in [-0.15, -0.1) is 0 Å². The van der Waals surface area contributed by atoms with Crippen LogP contribution in [-0.2, 0) is 9.59 Å². The van der Waals surface area contributed by atoms with Gasteiger partial charge < -0.3 is 20.4 Å².